The lowest BCUT2D eigenvalue weighted by Crippen LogP contribution is -2.39. The van der Waals surface area contributed by atoms with Crippen LogP contribution < -0.4 is 21.3 Å². The molecule has 0 bridgehead atoms. The fourth-order valence-electron chi connectivity index (χ4n) is 5.23. The molecule has 3 aromatic heterocycles. The molecular weight excluding hydrogens is 467 g/mol. The number of ether oxygens (including phenoxy) is 1. The average molecular weight is 499 g/mol. The number of pyridine rings is 2. The summed E-state index contributed by atoms with van der Waals surface area (Å²) in [6.45, 7) is 3.92. The van der Waals surface area contributed by atoms with E-state index in [1.165, 1.54) is 11.3 Å². The molecule has 0 spiro atoms. The number of amides is 1. The number of carbonyl (C=O) groups excluding carboxylic acids is 1. The second-order valence-corrected chi connectivity index (χ2v) is 10.5. The van der Waals surface area contributed by atoms with Crippen molar-refractivity contribution in [3.8, 4) is 0 Å². The predicted octanol–water partition coefficient (Wildman–Crippen LogP) is 2.68. The topological polar surface area (TPSA) is 105 Å². The Bertz CT molecular complexity index is 1260. The number of aryl methyl sites for hydroxylation is 2. The molecule has 4 heterocycles. The number of halogens is 1. The number of likely N-dealkylation sites (N-methyl/N-ethyl adjacent to an activating group) is 1. The SMILES string of the molecule is CNC1CN(c2nc3c(cc2F)CC(NC(=O)c2sc4nc(C)ccc4c2N)CC3)CC1COC. The first-order valence-electron chi connectivity index (χ1n) is 11.9. The molecule has 0 radical (unpaired) electrons. The van der Waals surface area contributed by atoms with Crippen LogP contribution in [-0.2, 0) is 17.6 Å². The molecule has 3 aromatic rings. The molecule has 4 N–H and O–H groups in total. The fraction of sp³-hybridized carbons (Fsp3) is 0.480. The molecule has 1 saturated heterocycles. The van der Waals surface area contributed by atoms with Gasteiger partial charge >= 0.3 is 0 Å². The number of nitrogens with zero attached hydrogens (tertiary/aromatic N) is 3. The van der Waals surface area contributed by atoms with Gasteiger partial charge in [-0.15, -0.1) is 11.3 Å². The lowest BCUT2D eigenvalue weighted by Gasteiger charge is -2.27. The number of anilines is 2. The molecule has 1 aliphatic heterocycles. The minimum atomic E-state index is -0.321. The van der Waals surface area contributed by atoms with Gasteiger partial charge in [-0.2, -0.15) is 0 Å². The Kier molecular flexibility index (Phi) is 6.61. The van der Waals surface area contributed by atoms with E-state index < -0.39 is 0 Å². The maximum absolute atomic E-state index is 15.2. The Labute approximate surface area is 208 Å². The number of nitrogen functional groups attached to an aromatic ring is 1. The van der Waals surface area contributed by atoms with E-state index in [9.17, 15) is 4.79 Å². The van der Waals surface area contributed by atoms with Crippen molar-refractivity contribution in [3.05, 3.63) is 45.8 Å². The van der Waals surface area contributed by atoms with Crippen LogP contribution in [0.3, 0.4) is 0 Å². The van der Waals surface area contributed by atoms with Gasteiger partial charge in [-0.05, 0) is 57.0 Å². The van der Waals surface area contributed by atoms with E-state index in [0.717, 1.165) is 33.6 Å². The van der Waals surface area contributed by atoms with E-state index in [1.807, 2.05) is 31.0 Å². The standard InChI is InChI=1S/C25H31FN6O2S/c1-13-4-6-17-21(27)22(35-25(17)29-13)24(33)30-16-5-7-19-14(8-16)9-18(26)23(31-19)32-10-15(12-34-3)20(11-32)28-2/h4,6,9,15-16,20,28H,5,7-8,10-12,27H2,1-3H3,(H,30,33). The van der Waals surface area contributed by atoms with Crippen LogP contribution in [0.4, 0.5) is 15.9 Å². The zero-order chi connectivity index (χ0) is 24.7. The van der Waals surface area contributed by atoms with Crippen molar-refractivity contribution in [1.29, 1.82) is 0 Å². The number of rotatable bonds is 6. The van der Waals surface area contributed by atoms with Crippen molar-refractivity contribution < 1.29 is 13.9 Å². The molecule has 0 saturated carbocycles. The summed E-state index contributed by atoms with van der Waals surface area (Å²) in [4.78, 5) is 25.5. The van der Waals surface area contributed by atoms with Gasteiger partial charge in [0.2, 0.25) is 0 Å². The van der Waals surface area contributed by atoms with Crippen LogP contribution in [0.1, 0.15) is 33.0 Å². The van der Waals surface area contributed by atoms with Crippen molar-refractivity contribution in [2.75, 3.05) is 44.5 Å². The van der Waals surface area contributed by atoms with Crippen LogP contribution in [0.15, 0.2) is 18.2 Å². The van der Waals surface area contributed by atoms with E-state index in [2.05, 4.69) is 15.6 Å². The minimum absolute atomic E-state index is 0.104. The Morgan fingerprint density at radius 2 is 2.17 bits per heavy atom. The van der Waals surface area contributed by atoms with Crippen LogP contribution >= 0.6 is 11.3 Å². The molecule has 1 fully saturated rings. The van der Waals surface area contributed by atoms with Gasteiger partial charge in [0, 0.05) is 55.0 Å². The number of hydrogen-bond donors (Lipinski definition) is 3. The summed E-state index contributed by atoms with van der Waals surface area (Å²) >= 11 is 1.30. The van der Waals surface area contributed by atoms with Gasteiger partial charge in [0.1, 0.15) is 9.71 Å². The van der Waals surface area contributed by atoms with Crippen LogP contribution in [0.25, 0.3) is 10.2 Å². The molecule has 1 aliphatic carbocycles. The van der Waals surface area contributed by atoms with Gasteiger partial charge in [-0.3, -0.25) is 4.79 Å². The molecule has 10 heteroatoms. The van der Waals surface area contributed by atoms with Crippen LogP contribution in [-0.4, -0.2) is 61.8 Å². The number of fused-ring (bicyclic) bond motifs is 2. The summed E-state index contributed by atoms with van der Waals surface area (Å²) in [6, 6.07) is 5.51. The van der Waals surface area contributed by atoms with Crippen molar-refractivity contribution in [1.82, 2.24) is 20.6 Å². The molecule has 1 amide bonds. The van der Waals surface area contributed by atoms with E-state index >= 15 is 4.39 Å². The molecule has 186 valence electrons. The third-order valence-electron chi connectivity index (χ3n) is 7.09. The van der Waals surface area contributed by atoms with E-state index in [0.29, 0.717) is 48.9 Å². The highest BCUT2D eigenvalue weighted by Crippen LogP contribution is 2.33. The van der Waals surface area contributed by atoms with Crippen LogP contribution in [0, 0.1) is 18.7 Å². The monoisotopic (exact) mass is 498 g/mol. The second-order valence-electron chi connectivity index (χ2n) is 9.48. The number of aromatic nitrogens is 2. The molecule has 35 heavy (non-hydrogen) atoms. The average Bonchev–Trinajstić information content (AvgIpc) is 3.39. The Hall–Kier alpha value is -2.82. The quantitative estimate of drug-likeness (QED) is 0.480. The van der Waals surface area contributed by atoms with Gasteiger partial charge in [0.15, 0.2) is 11.6 Å². The van der Waals surface area contributed by atoms with Crippen LogP contribution in [0.2, 0.25) is 0 Å². The predicted molar refractivity (Wildman–Crippen MR) is 137 cm³/mol. The fourth-order valence-corrected chi connectivity index (χ4v) is 6.28. The summed E-state index contributed by atoms with van der Waals surface area (Å²) in [6.07, 6.45) is 1.96. The molecule has 0 aromatic carbocycles. The zero-order valence-corrected chi connectivity index (χ0v) is 21.0. The number of nitrogens with one attached hydrogen (secondary N) is 2. The first-order chi connectivity index (χ1) is 16.9. The number of carbonyl (C=O) groups is 1. The number of methoxy groups -OCH3 is 1. The lowest BCUT2D eigenvalue weighted by molar-refractivity contribution is 0.0938. The normalized spacial score (nSPS) is 21.9. The minimum Gasteiger partial charge on any atom is -0.397 e. The highest BCUT2D eigenvalue weighted by atomic mass is 32.1. The van der Waals surface area contributed by atoms with Crippen molar-refractivity contribution >= 4 is 39.0 Å². The van der Waals surface area contributed by atoms with Gasteiger partial charge in [-0.25, -0.2) is 14.4 Å². The molecular formula is C25H31FN6O2S. The maximum atomic E-state index is 15.2. The summed E-state index contributed by atoms with van der Waals surface area (Å²) in [5.74, 6) is 0.160. The molecule has 2 aliphatic rings. The van der Waals surface area contributed by atoms with E-state index in [-0.39, 0.29) is 29.7 Å². The second kappa shape index (κ2) is 9.67. The molecule has 3 unspecified atom stereocenters. The summed E-state index contributed by atoms with van der Waals surface area (Å²) < 4.78 is 20.5. The third-order valence-corrected chi connectivity index (χ3v) is 8.20. The Balaban J connectivity index is 1.30. The van der Waals surface area contributed by atoms with Gasteiger partial charge in [0.05, 0.1) is 12.3 Å². The van der Waals surface area contributed by atoms with Crippen molar-refractivity contribution in [2.24, 2.45) is 5.92 Å². The number of thiophene rings is 1. The highest BCUT2D eigenvalue weighted by molar-refractivity contribution is 7.21. The Morgan fingerprint density at radius 3 is 2.94 bits per heavy atom. The molecule has 8 nitrogen and oxygen atoms in total. The summed E-state index contributed by atoms with van der Waals surface area (Å²) in [7, 11) is 3.61. The largest absolute Gasteiger partial charge is 0.397 e. The zero-order valence-electron chi connectivity index (χ0n) is 20.2. The highest BCUT2D eigenvalue weighted by Gasteiger charge is 2.34. The number of hydrogen-bond acceptors (Lipinski definition) is 8. The van der Waals surface area contributed by atoms with Gasteiger partial charge in [-0.1, -0.05) is 0 Å². The van der Waals surface area contributed by atoms with Crippen LogP contribution in [0.5, 0.6) is 0 Å². The maximum Gasteiger partial charge on any atom is 0.263 e. The van der Waals surface area contributed by atoms with E-state index in [1.54, 1.807) is 13.2 Å². The first kappa shape index (κ1) is 23.9. The summed E-state index contributed by atoms with van der Waals surface area (Å²) in [5, 5.41) is 7.20. The van der Waals surface area contributed by atoms with Crippen molar-refractivity contribution in [2.45, 2.75) is 38.3 Å². The summed E-state index contributed by atoms with van der Waals surface area (Å²) in [5.41, 5.74) is 9.35. The van der Waals surface area contributed by atoms with Crippen molar-refractivity contribution in [3.63, 3.8) is 0 Å². The van der Waals surface area contributed by atoms with E-state index in [4.69, 9.17) is 15.5 Å². The Morgan fingerprint density at radius 1 is 1.34 bits per heavy atom. The number of nitrogens with two attached hydrogens (primary N) is 1. The van der Waals surface area contributed by atoms with Gasteiger partial charge < -0.3 is 26.0 Å². The molecule has 5 rings (SSSR count). The lowest BCUT2D eigenvalue weighted by atomic mass is 9.91. The third kappa shape index (κ3) is 4.57. The van der Waals surface area contributed by atoms with Gasteiger partial charge in [0.25, 0.3) is 5.91 Å². The molecule has 3 atom stereocenters. The smallest absolute Gasteiger partial charge is 0.263 e. The first-order valence-corrected chi connectivity index (χ1v) is 12.8.